The fourth-order valence-electron chi connectivity index (χ4n) is 4.78. The first-order valence-electron chi connectivity index (χ1n) is 11.9. The molecule has 6 rings (SSSR count). The smallest absolute Gasteiger partial charge is 0.259 e. The predicted molar refractivity (Wildman–Crippen MR) is 126 cm³/mol. The summed E-state index contributed by atoms with van der Waals surface area (Å²) in [6, 6.07) is 3.05. The van der Waals surface area contributed by atoms with Gasteiger partial charge in [-0.3, -0.25) is 4.79 Å². The van der Waals surface area contributed by atoms with E-state index in [0.717, 1.165) is 19.3 Å². The highest BCUT2D eigenvalue weighted by Gasteiger charge is 2.39. The van der Waals surface area contributed by atoms with Crippen molar-refractivity contribution < 1.29 is 17.6 Å². The van der Waals surface area contributed by atoms with Crippen molar-refractivity contribution in [3.05, 3.63) is 18.4 Å². The van der Waals surface area contributed by atoms with Crippen LogP contribution in [0.3, 0.4) is 0 Å². The molecule has 1 aliphatic carbocycles. The Balaban J connectivity index is 1.18. The Hall–Kier alpha value is -3.26. The van der Waals surface area contributed by atoms with E-state index in [1.54, 1.807) is 17.0 Å². The van der Waals surface area contributed by atoms with Crippen LogP contribution in [0.5, 0.6) is 0 Å². The molecule has 35 heavy (non-hydrogen) atoms. The van der Waals surface area contributed by atoms with E-state index in [-0.39, 0.29) is 23.4 Å². The molecule has 13 nitrogen and oxygen atoms in total. The summed E-state index contributed by atoms with van der Waals surface area (Å²) >= 11 is 0. The largest absolute Gasteiger partial charge is 0.461 e. The lowest BCUT2D eigenvalue weighted by atomic mass is 10.2. The molecule has 5 heterocycles. The van der Waals surface area contributed by atoms with Crippen LogP contribution in [0.25, 0.3) is 17.4 Å². The van der Waals surface area contributed by atoms with Gasteiger partial charge < -0.3 is 20.0 Å². The lowest BCUT2D eigenvalue weighted by molar-refractivity contribution is -0.133. The number of sulfonamides is 1. The van der Waals surface area contributed by atoms with E-state index in [9.17, 15) is 13.2 Å². The molecule has 0 aromatic carbocycles. The zero-order valence-electron chi connectivity index (χ0n) is 19.2. The standard InChI is InChI=1S/C21H27N9O4S/c22-19-24-20(25-21-23-17(26-30(19)21)16-4-2-12-34-16)29-7-1-3-15(29)18(31)27-8-10-28(11-9-27)35(32,33)13-14-5-6-14/h2,4,12,14-15H,1,3,5-11,13H2,(H2,22,23,24,25,26)/t15-/m0/s1. The molecule has 0 unspecified atom stereocenters. The molecule has 3 aromatic heterocycles. The number of fused-ring (bicyclic) bond motifs is 1. The topological polar surface area (TPSA) is 156 Å². The number of furan rings is 1. The summed E-state index contributed by atoms with van der Waals surface area (Å²) in [5.41, 5.74) is 6.14. The maximum absolute atomic E-state index is 13.4. The van der Waals surface area contributed by atoms with Crippen molar-refractivity contribution in [2.24, 2.45) is 5.92 Å². The van der Waals surface area contributed by atoms with E-state index in [2.05, 4.69) is 20.1 Å². The number of nitrogens with two attached hydrogens (primary N) is 1. The molecule has 2 saturated heterocycles. The maximum Gasteiger partial charge on any atom is 0.259 e. The van der Waals surface area contributed by atoms with Crippen LogP contribution in [0.4, 0.5) is 11.9 Å². The number of nitrogen functional groups attached to an aromatic ring is 1. The van der Waals surface area contributed by atoms with E-state index >= 15 is 0 Å². The van der Waals surface area contributed by atoms with E-state index in [4.69, 9.17) is 10.2 Å². The molecule has 14 heteroatoms. The molecule has 186 valence electrons. The van der Waals surface area contributed by atoms with E-state index < -0.39 is 16.1 Å². The monoisotopic (exact) mass is 501 g/mol. The molecular weight excluding hydrogens is 474 g/mol. The number of piperazine rings is 1. The van der Waals surface area contributed by atoms with Crippen molar-refractivity contribution in [1.29, 1.82) is 0 Å². The number of nitrogens with zero attached hydrogens (tertiary/aromatic N) is 8. The van der Waals surface area contributed by atoms with Gasteiger partial charge in [-0.2, -0.15) is 23.8 Å². The minimum Gasteiger partial charge on any atom is -0.461 e. The number of hydrogen-bond acceptors (Lipinski definition) is 10. The van der Waals surface area contributed by atoms with Gasteiger partial charge in [-0.25, -0.2) is 8.42 Å². The number of aromatic nitrogens is 5. The van der Waals surface area contributed by atoms with E-state index in [1.165, 1.54) is 15.1 Å². The zero-order valence-corrected chi connectivity index (χ0v) is 20.0. The third kappa shape index (κ3) is 4.20. The molecule has 3 aromatic rings. The van der Waals surface area contributed by atoms with Crippen LogP contribution in [0.2, 0.25) is 0 Å². The highest BCUT2D eigenvalue weighted by atomic mass is 32.2. The van der Waals surface area contributed by atoms with E-state index in [1.807, 2.05) is 4.90 Å². The van der Waals surface area contributed by atoms with Gasteiger partial charge in [0.2, 0.25) is 33.7 Å². The highest BCUT2D eigenvalue weighted by Crippen LogP contribution is 2.31. The van der Waals surface area contributed by atoms with E-state index in [0.29, 0.717) is 62.6 Å². The summed E-state index contributed by atoms with van der Waals surface area (Å²) in [6.07, 6.45) is 4.99. The maximum atomic E-state index is 13.4. The first-order chi connectivity index (χ1) is 16.9. The van der Waals surface area contributed by atoms with Crippen molar-refractivity contribution in [2.45, 2.75) is 31.7 Å². The molecule has 0 spiro atoms. The SMILES string of the molecule is Nc1nc(N2CCC[C@H]2C(=O)N2CCN(S(=O)(=O)CC3CC3)CC2)nc2nc(-c3ccco3)nn12. The van der Waals surface area contributed by atoms with Gasteiger partial charge in [0.05, 0.1) is 12.0 Å². The molecule has 1 atom stereocenters. The number of anilines is 2. The summed E-state index contributed by atoms with van der Waals surface area (Å²) < 4.78 is 33.4. The number of rotatable bonds is 6. The van der Waals surface area contributed by atoms with Gasteiger partial charge in [0.15, 0.2) is 5.76 Å². The van der Waals surface area contributed by atoms with Gasteiger partial charge in [0.1, 0.15) is 6.04 Å². The van der Waals surface area contributed by atoms with Crippen LogP contribution in [-0.4, -0.2) is 92.6 Å². The quantitative estimate of drug-likeness (QED) is 0.495. The Morgan fingerprint density at radius 2 is 1.89 bits per heavy atom. The molecule has 1 saturated carbocycles. The molecule has 0 radical (unpaired) electrons. The van der Waals surface area contributed by atoms with Crippen molar-refractivity contribution in [1.82, 2.24) is 33.8 Å². The molecule has 0 bridgehead atoms. The van der Waals surface area contributed by atoms with Gasteiger partial charge in [0.25, 0.3) is 5.78 Å². The van der Waals surface area contributed by atoms with Crippen molar-refractivity contribution in [3.8, 4) is 11.6 Å². The van der Waals surface area contributed by atoms with Crippen LogP contribution in [0.1, 0.15) is 25.7 Å². The molecular formula is C21H27N9O4S. The number of amides is 1. The van der Waals surface area contributed by atoms with Gasteiger partial charge in [-0.15, -0.1) is 5.10 Å². The van der Waals surface area contributed by atoms with Gasteiger partial charge in [-0.05, 0) is 43.7 Å². The average molecular weight is 502 g/mol. The second kappa shape index (κ2) is 8.45. The Labute approximate surface area is 202 Å². The summed E-state index contributed by atoms with van der Waals surface area (Å²) in [4.78, 5) is 30.4. The molecule has 3 aliphatic rings. The van der Waals surface area contributed by atoms with Gasteiger partial charge in [0, 0.05) is 32.7 Å². The first-order valence-corrected chi connectivity index (χ1v) is 13.5. The van der Waals surface area contributed by atoms with Crippen LogP contribution >= 0.6 is 0 Å². The Bertz CT molecular complexity index is 1340. The van der Waals surface area contributed by atoms with Crippen LogP contribution in [0.15, 0.2) is 22.8 Å². The number of carbonyl (C=O) groups is 1. The van der Waals surface area contributed by atoms with Crippen LogP contribution < -0.4 is 10.6 Å². The fourth-order valence-corrected chi connectivity index (χ4v) is 6.64. The van der Waals surface area contributed by atoms with Gasteiger partial charge in [-0.1, -0.05) is 0 Å². The Morgan fingerprint density at radius 1 is 1.09 bits per heavy atom. The third-order valence-corrected chi connectivity index (χ3v) is 8.89. The minimum atomic E-state index is -3.25. The summed E-state index contributed by atoms with van der Waals surface area (Å²) in [5.74, 6) is 2.03. The van der Waals surface area contributed by atoms with Gasteiger partial charge >= 0.3 is 0 Å². The summed E-state index contributed by atoms with van der Waals surface area (Å²) in [6.45, 7) is 2.04. The minimum absolute atomic E-state index is 0.0403. The molecule has 2 aliphatic heterocycles. The molecule has 3 fully saturated rings. The second-order valence-electron chi connectivity index (χ2n) is 9.30. The lowest BCUT2D eigenvalue weighted by Gasteiger charge is -2.36. The fraction of sp³-hybridized carbons (Fsp3) is 0.571. The van der Waals surface area contributed by atoms with Crippen molar-refractivity contribution in [2.75, 3.05) is 49.1 Å². The highest BCUT2D eigenvalue weighted by molar-refractivity contribution is 7.89. The number of hydrogen-bond donors (Lipinski definition) is 1. The number of carbonyl (C=O) groups excluding carboxylic acids is 1. The van der Waals surface area contributed by atoms with Crippen molar-refractivity contribution >= 4 is 33.6 Å². The summed E-state index contributed by atoms with van der Waals surface area (Å²) in [5, 5.41) is 4.31. The Kier molecular flexibility index (Phi) is 5.36. The Morgan fingerprint density at radius 3 is 2.60 bits per heavy atom. The van der Waals surface area contributed by atoms with Crippen molar-refractivity contribution in [3.63, 3.8) is 0 Å². The predicted octanol–water partition coefficient (Wildman–Crippen LogP) is 0.214. The average Bonchev–Trinajstić information content (AvgIpc) is 3.29. The molecule has 1 amide bonds. The summed E-state index contributed by atoms with van der Waals surface area (Å²) in [7, 11) is -3.25. The second-order valence-corrected chi connectivity index (χ2v) is 11.3. The first kappa shape index (κ1) is 22.2. The van der Waals surface area contributed by atoms with Crippen LogP contribution in [0, 0.1) is 5.92 Å². The molecule has 2 N–H and O–H groups in total. The zero-order chi connectivity index (χ0) is 24.2. The lowest BCUT2D eigenvalue weighted by Crippen LogP contribution is -2.55. The normalized spacial score (nSPS) is 21.8. The van der Waals surface area contributed by atoms with Crippen LogP contribution in [-0.2, 0) is 14.8 Å². The third-order valence-electron chi connectivity index (χ3n) is 6.84.